The third-order valence-corrected chi connectivity index (χ3v) is 3.30. The Labute approximate surface area is 147 Å². The van der Waals surface area contributed by atoms with Crippen molar-refractivity contribution in [3.05, 3.63) is 65.2 Å². The molecule has 0 bridgehead atoms. The van der Waals surface area contributed by atoms with Crippen LogP contribution in [0.3, 0.4) is 0 Å². The van der Waals surface area contributed by atoms with Crippen LogP contribution in [0.25, 0.3) is 0 Å². The number of hydrogen-bond acceptors (Lipinski definition) is 4. The molecule has 0 atom stereocenters. The molecule has 0 radical (unpaired) electrons. The lowest BCUT2D eigenvalue weighted by Gasteiger charge is -2.09. The average Bonchev–Trinajstić information content (AvgIpc) is 2.60. The smallest absolute Gasteiger partial charge is 0.416 e. The van der Waals surface area contributed by atoms with E-state index in [0.29, 0.717) is 11.3 Å². The largest absolute Gasteiger partial charge is 0.457 e. The molecular formula is C18H13F3N2O3. The van der Waals surface area contributed by atoms with Gasteiger partial charge in [-0.25, -0.2) is 4.79 Å². The molecule has 0 unspecified atom stereocenters. The van der Waals surface area contributed by atoms with Crippen molar-refractivity contribution >= 4 is 17.6 Å². The number of amides is 1. The van der Waals surface area contributed by atoms with Gasteiger partial charge in [-0.3, -0.25) is 4.79 Å². The third-order valence-electron chi connectivity index (χ3n) is 3.30. The lowest BCUT2D eigenvalue weighted by atomic mass is 10.1. The first kappa shape index (κ1) is 19.0. The summed E-state index contributed by atoms with van der Waals surface area (Å²) in [7, 11) is 0. The maximum absolute atomic E-state index is 12.5. The number of hydrogen-bond donors (Lipinski definition) is 1. The van der Waals surface area contributed by atoms with Crippen LogP contribution in [0.5, 0.6) is 0 Å². The Bertz CT molecular complexity index is 823. The summed E-state index contributed by atoms with van der Waals surface area (Å²) in [5, 5.41) is 10.9. The van der Waals surface area contributed by atoms with E-state index in [1.807, 2.05) is 0 Å². The van der Waals surface area contributed by atoms with E-state index in [-0.39, 0.29) is 18.6 Å². The Balaban J connectivity index is 1.91. The fourth-order valence-corrected chi connectivity index (χ4v) is 1.99. The number of carbonyl (C=O) groups is 2. The molecule has 2 aromatic rings. The number of alkyl halides is 3. The SMILES string of the molecule is N#CCC(=O)Nc1ccc(C(=O)OCc2ccc(C(F)(F)F)cc2)cc1. The van der Waals surface area contributed by atoms with E-state index in [2.05, 4.69) is 5.32 Å². The second-order valence-electron chi connectivity index (χ2n) is 5.23. The molecule has 0 aliphatic rings. The van der Waals surface area contributed by atoms with Crippen LogP contribution in [0.15, 0.2) is 48.5 Å². The van der Waals surface area contributed by atoms with Gasteiger partial charge in [0.25, 0.3) is 0 Å². The summed E-state index contributed by atoms with van der Waals surface area (Å²) < 4.78 is 42.5. The molecule has 8 heteroatoms. The monoisotopic (exact) mass is 362 g/mol. The number of anilines is 1. The molecule has 0 fully saturated rings. The van der Waals surface area contributed by atoms with E-state index in [4.69, 9.17) is 10.00 Å². The zero-order valence-electron chi connectivity index (χ0n) is 13.3. The number of rotatable bonds is 5. The first-order valence-electron chi connectivity index (χ1n) is 7.39. The van der Waals surface area contributed by atoms with Gasteiger partial charge >= 0.3 is 12.1 Å². The van der Waals surface area contributed by atoms with Crippen molar-refractivity contribution < 1.29 is 27.5 Å². The molecular weight excluding hydrogens is 349 g/mol. The van der Waals surface area contributed by atoms with Gasteiger partial charge in [-0.15, -0.1) is 0 Å². The molecule has 0 aromatic heterocycles. The minimum Gasteiger partial charge on any atom is -0.457 e. The number of benzene rings is 2. The lowest BCUT2D eigenvalue weighted by Crippen LogP contribution is -2.10. The van der Waals surface area contributed by atoms with Crippen molar-refractivity contribution in [3.8, 4) is 6.07 Å². The molecule has 2 rings (SSSR count). The van der Waals surface area contributed by atoms with Gasteiger partial charge < -0.3 is 10.1 Å². The Morgan fingerprint density at radius 2 is 1.65 bits per heavy atom. The Morgan fingerprint density at radius 3 is 2.19 bits per heavy atom. The number of esters is 1. The molecule has 1 amide bonds. The molecule has 2 aromatic carbocycles. The highest BCUT2D eigenvalue weighted by atomic mass is 19.4. The average molecular weight is 362 g/mol. The standard InChI is InChI=1S/C18H13F3N2O3/c19-18(20,21)14-5-1-12(2-6-14)11-26-17(25)13-3-7-15(8-4-13)23-16(24)9-10-22/h1-8H,9,11H2,(H,23,24). The quantitative estimate of drug-likeness (QED) is 0.818. The first-order chi connectivity index (χ1) is 12.3. The topological polar surface area (TPSA) is 79.2 Å². The highest BCUT2D eigenvalue weighted by molar-refractivity contribution is 5.93. The summed E-state index contributed by atoms with van der Waals surface area (Å²) in [6.45, 7) is -0.169. The maximum Gasteiger partial charge on any atom is 0.416 e. The van der Waals surface area contributed by atoms with Crippen LogP contribution in [-0.2, 0) is 22.3 Å². The van der Waals surface area contributed by atoms with E-state index in [9.17, 15) is 22.8 Å². The highest BCUT2D eigenvalue weighted by Crippen LogP contribution is 2.29. The molecule has 0 aliphatic carbocycles. The van der Waals surface area contributed by atoms with Gasteiger partial charge in [-0.1, -0.05) is 12.1 Å². The van der Waals surface area contributed by atoms with E-state index >= 15 is 0 Å². The van der Waals surface area contributed by atoms with Crippen LogP contribution in [-0.4, -0.2) is 11.9 Å². The van der Waals surface area contributed by atoms with Crippen molar-refractivity contribution in [1.29, 1.82) is 5.26 Å². The highest BCUT2D eigenvalue weighted by Gasteiger charge is 2.29. The van der Waals surface area contributed by atoms with E-state index in [0.717, 1.165) is 12.1 Å². The summed E-state index contributed by atoms with van der Waals surface area (Å²) in [5.74, 6) is -1.12. The summed E-state index contributed by atoms with van der Waals surface area (Å²) in [4.78, 5) is 23.2. The van der Waals surface area contributed by atoms with Gasteiger partial charge in [0.1, 0.15) is 13.0 Å². The van der Waals surface area contributed by atoms with Gasteiger partial charge in [-0.05, 0) is 42.0 Å². The normalized spacial score (nSPS) is 10.7. The first-order valence-corrected chi connectivity index (χ1v) is 7.39. The van der Waals surface area contributed by atoms with Crippen LogP contribution in [0.4, 0.5) is 18.9 Å². The molecule has 134 valence electrons. The summed E-state index contributed by atoms with van der Waals surface area (Å²) in [6, 6.07) is 11.8. The van der Waals surface area contributed by atoms with E-state index < -0.39 is 23.6 Å². The van der Waals surface area contributed by atoms with Crippen molar-refractivity contribution in [1.82, 2.24) is 0 Å². The second kappa shape index (κ2) is 8.16. The number of nitrogens with one attached hydrogen (secondary N) is 1. The van der Waals surface area contributed by atoms with Crippen molar-refractivity contribution in [3.63, 3.8) is 0 Å². The zero-order valence-corrected chi connectivity index (χ0v) is 13.3. The minimum absolute atomic E-state index is 0.169. The molecule has 1 N–H and O–H groups in total. The Kier molecular flexibility index (Phi) is 5.96. The van der Waals surface area contributed by atoms with E-state index in [1.54, 1.807) is 6.07 Å². The summed E-state index contributed by atoms with van der Waals surface area (Å²) in [6.07, 6.45) is -4.70. The van der Waals surface area contributed by atoms with Crippen LogP contribution < -0.4 is 5.32 Å². The van der Waals surface area contributed by atoms with Crippen LogP contribution in [0.2, 0.25) is 0 Å². The van der Waals surface area contributed by atoms with Crippen molar-refractivity contribution in [2.45, 2.75) is 19.2 Å². The molecule has 26 heavy (non-hydrogen) atoms. The van der Waals surface area contributed by atoms with Gasteiger partial charge in [0.05, 0.1) is 17.2 Å². The fraction of sp³-hybridized carbons (Fsp3) is 0.167. The van der Waals surface area contributed by atoms with Crippen LogP contribution in [0.1, 0.15) is 27.9 Å². The second-order valence-corrected chi connectivity index (χ2v) is 5.23. The molecule has 0 saturated carbocycles. The minimum atomic E-state index is -4.42. The fourth-order valence-electron chi connectivity index (χ4n) is 1.99. The maximum atomic E-state index is 12.5. The number of carbonyl (C=O) groups excluding carboxylic acids is 2. The predicted octanol–water partition coefficient (Wildman–Crippen LogP) is 3.91. The van der Waals surface area contributed by atoms with Gasteiger partial charge in [0.15, 0.2) is 0 Å². The predicted molar refractivity (Wildman–Crippen MR) is 85.9 cm³/mol. The third kappa shape index (κ3) is 5.34. The molecule has 0 aliphatic heterocycles. The number of halogens is 3. The van der Waals surface area contributed by atoms with Crippen LogP contribution >= 0.6 is 0 Å². The number of nitrogens with zero attached hydrogens (tertiary/aromatic N) is 1. The summed E-state index contributed by atoms with van der Waals surface area (Å²) in [5.41, 5.74) is 0.285. The van der Waals surface area contributed by atoms with Crippen molar-refractivity contribution in [2.24, 2.45) is 0 Å². The zero-order chi connectivity index (χ0) is 19.2. The Hall–Kier alpha value is -3.34. The number of ether oxygens (including phenoxy) is 1. The van der Waals surface area contributed by atoms with Crippen molar-refractivity contribution in [2.75, 3.05) is 5.32 Å². The van der Waals surface area contributed by atoms with Crippen LogP contribution in [0, 0.1) is 11.3 Å². The lowest BCUT2D eigenvalue weighted by molar-refractivity contribution is -0.137. The van der Waals surface area contributed by atoms with Gasteiger partial charge in [0, 0.05) is 5.69 Å². The summed E-state index contributed by atoms with van der Waals surface area (Å²) >= 11 is 0. The Morgan fingerprint density at radius 1 is 1.04 bits per heavy atom. The number of nitriles is 1. The molecule has 0 saturated heterocycles. The van der Waals surface area contributed by atoms with Gasteiger partial charge in [0.2, 0.25) is 5.91 Å². The molecule has 0 spiro atoms. The van der Waals surface area contributed by atoms with E-state index in [1.165, 1.54) is 36.4 Å². The van der Waals surface area contributed by atoms with Gasteiger partial charge in [-0.2, -0.15) is 18.4 Å². The molecule has 5 nitrogen and oxygen atoms in total. The molecule has 0 heterocycles.